The highest BCUT2D eigenvalue weighted by atomic mass is 35.5. The molecule has 0 aliphatic carbocycles. The molecule has 2 atom stereocenters. The maximum Gasteiger partial charge on any atom is 0.330 e. The lowest BCUT2D eigenvalue weighted by atomic mass is 10.0. The number of ether oxygens (including phenoxy) is 1. The van der Waals surface area contributed by atoms with Gasteiger partial charge in [-0.25, -0.2) is 0 Å². The molecule has 0 aliphatic heterocycles. The third-order valence-corrected chi connectivity index (χ3v) is 7.35. The van der Waals surface area contributed by atoms with Gasteiger partial charge in [0.05, 0.1) is 19.3 Å². The standard InChI is InChI=1S/C30H52ClO4P/c1-3-5-7-8-9-10-11-12-13-14-15-16-17-18-19-20-30(28-21-23-29(31)24-22-28)35-36(32)34-27-26-33-25-6-4-2/h12-13,21-24,30,32H,3-11,14-20,25-27H2,1-2H3/b13-12-. The molecule has 2 unspecified atom stereocenters. The van der Waals surface area contributed by atoms with Gasteiger partial charge in [-0.05, 0) is 56.2 Å². The van der Waals surface area contributed by atoms with Gasteiger partial charge in [0.15, 0.2) is 0 Å². The molecule has 6 heteroatoms. The molecule has 0 heterocycles. The van der Waals surface area contributed by atoms with E-state index < -0.39 is 8.60 Å². The van der Waals surface area contributed by atoms with Gasteiger partial charge >= 0.3 is 8.60 Å². The van der Waals surface area contributed by atoms with Crippen LogP contribution in [0.3, 0.4) is 0 Å². The van der Waals surface area contributed by atoms with Crippen molar-refractivity contribution >= 4 is 20.2 Å². The molecule has 0 radical (unpaired) electrons. The molecule has 0 spiro atoms. The molecule has 0 amide bonds. The third kappa shape index (κ3) is 19.6. The Morgan fingerprint density at radius 3 is 1.97 bits per heavy atom. The van der Waals surface area contributed by atoms with Crippen LogP contribution >= 0.6 is 20.2 Å². The van der Waals surface area contributed by atoms with Crippen LogP contribution in [0, 0.1) is 0 Å². The molecular weight excluding hydrogens is 491 g/mol. The van der Waals surface area contributed by atoms with Gasteiger partial charge in [-0.15, -0.1) is 0 Å². The maximum absolute atomic E-state index is 10.3. The van der Waals surface area contributed by atoms with Gasteiger partial charge in [0.25, 0.3) is 0 Å². The molecule has 0 aromatic heterocycles. The molecule has 36 heavy (non-hydrogen) atoms. The summed E-state index contributed by atoms with van der Waals surface area (Å²) in [7, 11) is -1.94. The van der Waals surface area contributed by atoms with Crippen LogP contribution in [0.1, 0.15) is 128 Å². The van der Waals surface area contributed by atoms with E-state index in [1.807, 2.05) is 24.3 Å². The lowest BCUT2D eigenvalue weighted by molar-refractivity contribution is 0.0780. The third-order valence-electron chi connectivity index (χ3n) is 6.26. The molecule has 4 nitrogen and oxygen atoms in total. The molecule has 208 valence electrons. The lowest BCUT2D eigenvalue weighted by Gasteiger charge is -2.21. The second-order valence-corrected chi connectivity index (χ2v) is 10.9. The van der Waals surface area contributed by atoms with Crippen molar-refractivity contribution in [2.24, 2.45) is 0 Å². The van der Waals surface area contributed by atoms with E-state index in [0.29, 0.717) is 18.2 Å². The summed E-state index contributed by atoms with van der Waals surface area (Å²) < 4.78 is 16.9. The number of halogens is 1. The van der Waals surface area contributed by atoms with Gasteiger partial charge in [-0.2, -0.15) is 0 Å². The Kier molecular flexibility index (Phi) is 23.1. The van der Waals surface area contributed by atoms with Crippen molar-refractivity contribution < 1.29 is 18.7 Å². The van der Waals surface area contributed by atoms with Gasteiger partial charge in [0, 0.05) is 11.6 Å². The summed E-state index contributed by atoms with van der Waals surface area (Å²) in [5.74, 6) is 0. The minimum atomic E-state index is -1.94. The van der Waals surface area contributed by atoms with E-state index in [1.54, 1.807) is 0 Å². The molecule has 0 aliphatic rings. The molecular formula is C30H52ClO4P. The first-order valence-corrected chi connectivity index (χ1v) is 15.9. The van der Waals surface area contributed by atoms with Gasteiger partial charge in [0.1, 0.15) is 0 Å². The van der Waals surface area contributed by atoms with Gasteiger partial charge < -0.3 is 18.7 Å². The fourth-order valence-corrected chi connectivity index (χ4v) is 4.88. The van der Waals surface area contributed by atoms with Gasteiger partial charge in [-0.3, -0.25) is 0 Å². The van der Waals surface area contributed by atoms with Crippen molar-refractivity contribution in [3.8, 4) is 0 Å². The Morgan fingerprint density at radius 2 is 1.33 bits per heavy atom. The van der Waals surface area contributed by atoms with Crippen LogP contribution in [-0.2, 0) is 13.8 Å². The molecule has 0 fully saturated rings. The summed E-state index contributed by atoms with van der Waals surface area (Å²) in [5.41, 5.74) is 1.03. The highest BCUT2D eigenvalue weighted by molar-refractivity contribution is 7.40. The highest BCUT2D eigenvalue weighted by Gasteiger charge is 2.18. The number of hydrogen-bond donors (Lipinski definition) is 1. The topological polar surface area (TPSA) is 47.9 Å². The van der Waals surface area contributed by atoms with E-state index in [-0.39, 0.29) is 6.10 Å². The predicted octanol–water partition coefficient (Wildman–Crippen LogP) is 10.5. The molecule has 0 saturated carbocycles. The Bertz CT molecular complexity index is 626. The average Bonchev–Trinajstić information content (AvgIpc) is 2.88. The number of unbranched alkanes of at least 4 members (excludes halogenated alkanes) is 12. The number of rotatable bonds is 25. The first-order chi connectivity index (χ1) is 17.7. The van der Waals surface area contributed by atoms with E-state index in [4.69, 9.17) is 25.4 Å². The molecule has 1 aromatic rings. The van der Waals surface area contributed by atoms with Gasteiger partial charge in [0.2, 0.25) is 0 Å². The van der Waals surface area contributed by atoms with Gasteiger partial charge in [-0.1, -0.05) is 114 Å². The summed E-state index contributed by atoms with van der Waals surface area (Å²) in [6.07, 6.45) is 24.2. The minimum absolute atomic E-state index is 0.190. The predicted molar refractivity (Wildman–Crippen MR) is 156 cm³/mol. The van der Waals surface area contributed by atoms with Crippen molar-refractivity contribution in [3.05, 3.63) is 47.0 Å². The van der Waals surface area contributed by atoms with Crippen molar-refractivity contribution in [1.29, 1.82) is 0 Å². The van der Waals surface area contributed by atoms with Crippen LogP contribution in [-0.4, -0.2) is 24.7 Å². The summed E-state index contributed by atoms with van der Waals surface area (Å²) >= 11 is 6.06. The van der Waals surface area contributed by atoms with Crippen molar-refractivity contribution in [2.45, 2.75) is 123 Å². The molecule has 1 rings (SSSR count). The normalized spacial score (nSPS) is 13.4. The smallest absolute Gasteiger partial charge is 0.330 e. The number of allylic oxidation sites excluding steroid dienone is 2. The number of benzene rings is 1. The SMILES string of the molecule is CCCCCCCC/C=C\CCCCCCCC(OP(O)OCCOCCCC)c1ccc(Cl)cc1. The largest absolute Gasteiger partial charge is 0.379 e. The summed E-state index contributed by atoms with van der Waals surface area (Å²) in [6.45, 7) is 5.95. The van der Waals surface area contributed by atoms with Crippen molar-refractivity contribution in [3.63, 3.8) is 0 Å². The molecule has 0 saturated heterocycles. The second kappa shape index (κ2) is 24.8. The van der Waals surface area contributed by atoms with Crippen molar-refractivity contribution in [2.75, 3.05) is 19.8 Å². The van der Waals surface area contributed by atoms with E-state index >= 15 is 0 Å². The van der Waals surface area contributed by atoms with Crippen LogP contribution < -0.4 is 0 Å². The Balaban J connectivity index is 2.19. The first-order valence-electron chi connectivity index (χ1n) is 14.4. The zero-order chi connectivity index (χ0) is 26.1. The minimum Gasteiger partial charge on any atom is -0.379 e. The quantitative estimate of drug-likeness (QED) is 0.0758. The zero-order valence-corrected chi connectivity index (χ0v) is 24.6. The summed E-state index contributed by atoms with van der Waals surface area (Å²) in [5, 5.41) is 0.699. The summed E-state index contributed by atoms with van der Waals surface area (Å²) in [4.78, 5) is 10.3. The lowest BCUT2D eigenvalue weighted by Crippen LogP contribution is -2.06. The average molecular weight is 543 g/mol. The Morgan fingerprint density at radius 1 is 0.750 bits per heavy atom. The van der Waals surface area contributed by atoms with E-state index in [1.165, 1.54) is 77.0 Å². The van der Waals surface area contributed by atoms with Crippen LogP contribution in [0.2, 0.25) is 5.02 Å². The Labute approximate surface area is 228 Å². The van der Waals surface area contributed by atoms with Crippen LogP contribution in [0.25, 0.3) is 0 Å². The van der Waals surface area contributed by atoms with Crippen LogP contribution in [0.5, 0.6) is 0 Å². The van der Waals surface area contributed by atoms with Crippen LogP contribution in [0.15, 0.2) is 36.4 Å². The summed E-state index contributed by atoms with van der Waals surface area (Å²) in [6, 6.07) is 7.69. The van der Waals surface area contributed by atoms with Crippen LogP contribution in [0.4, 0.5) is 0 Å². The monoisotopic (exact) mass is 542 g/mol. The number of hydrogen-bond acceptors (Lipinski definition) is 4. The van der Waals surface area contributed by atoms with E-state index in [0.717, 1.165) is 37.9 Å². The molecule has 0 bridgehead atoms. The van der Waals surface area contributed by atoms with Crippen molar-refractivity contribution in [1.82, 2.24) is 0 Å². The first kappa shape index (κ1) is 33.5. The Hall–Kier alpha value is -0.480. The maximum atomic E-state index is 10.3. The van der Waals surface area contributed by atoms with E-state index in [9.17, 15) is 4.89 Å². The fraction of sp³-hybridized carbons (Fsp3) is 0.733. The molecule has 1 aromatic carbocycles. The van der Waals surface area contributed by atoms with E-state index in [2.05, 4.69) is 26.0 Å². The molecule has 1 N–H and O–H groups in total. The zero-order valence-electron chi connectivity index (χ0n) is 23.0. The highest BCUT2D eigenvalue weighted by Crippen LogP contribution is 2.41. The fourth-order valence-electron chi connectivity index (χ4n) is 4.02. The second-order valence-electron chi connectivity index (χ2n) is 9.56.